The fourth-order valence-electron chi connectivity index (χ4n) is 1.48. The Morgan fingerprint density at radius 1 is 1.25 bits per heavy atom. The van der Waals surface area contributed by atoms with E-state index in [0.29, 0.717) is 0 Å². The van der Waals surface area contributed by atoms with E-state index >= 15 is 0 Å². The predicted molar refractivity (Wildman–Crippen MR) is 77.9 cm³/mol. The number of carbonyl (C=O) groups excluding carboxylic acids is 1. The van der Waals surface area contributed by atoms with E-state index in [4.69, 9.17) is 34.8 Å². The summed E-state index contributed by atoms with van der Waals surface area (Å²) in [4.78, 5) is 11.0. The SMILES string of the molecule is CCN(CC(=O)OC)S(=O)(=O)c1c(Cl)cc(Cl)cc1Cl. The van der Waals surface area contributed by atoms with Gasteiger partial charge in [0.05, 0.1) is 17.2 Å². The van der Waals surface area contributed by atoms with Crippen LogP contribution >= 0.6 is 34.8 Å². The van der Waals surface area contributed by atoms with Gasteiger partial charge < -0.3 is 4.74 Å². The average Bonchev–Trinajstić information content (AvgIpc) is 2.33. The van der Waals surface area contributed by atoms with Crippen molar-refractivity contribution >= 4 is 50.8 Å². The third-order valence-electron chi connectivity index (χ3n) is 2.45. The van der Waals surface area contributed by atoms with E-state index in [9.17, 15) is 13.2 Å². The van der Waals surface area contributed by atoms with Gasteiger partial charge in [-0.3, -0.25) is 4.79 Å². The minimum absolute atomic E-state index is 0.0622. The number of methoxy groups -OCH3 is 1. The fraction of sp³-hybridized carbons (Fsp3) is 0.364. The molecule has 0 heterocycles. The number of hydrogen-bond acceptors (Lipinski definition) is 4. The summed E-state index contributed by atoms with van der Waals surface area (Å²) in [6, 6.07) is 2.54. The van der Waals surface area contributed by atoms with Crippen LogP contribution in [0.1, 0.15) is 6.92 Å². The largest absolute Gasteiger partial charge is 0.468 e. The molecule has 1 aromatic rings. The maximum absolute atomic E-state index is 12.5. The normalized spacial score (nSPS) is 11.7. The summed E-state index contributed by atoms with van der Waals surface area (Å²) < 4.78 is 30.3. The molecule has 0 aliphatic carbocycles. The van der Waals surface area contributed by atoms with Crippen LogP contribution < -0.4 is 0 Å². The van der Waals surface area contributed by atoms with Gasteiger partial charge in [0.1, 0.15) is 11.4 Å². The number of nitrogens with zero attached hydrogens (tertiary/aromatic N) is 1. The van der Waals surface area contributed by atoms with E-state index in [1.165, 1.54) is 19.2 Å². The second-order valence-electron chi connectivity index (χ2n) is 3.71. The smallest absolute Gasteiger partial charge is 0.321 e. The molecule has 0 fully saturated rings. The van der Waals surface area contributed by atoms with Crippen molar-refractivity contribution in [3.8, 4) is 0 Å². The van der Waals surface area contributed by atoms with Crippen LogP contribution in [0.4, 0.5) is 0 Å². The minimum Gasteiger partial charge on any atom is -0.468 e. The van der Waals surface area contributed by atoms with Gasteiger partial charge in [-0.1, -0.05) is 41.7 Å². The van der Waals surface area contributed by atoms with Crippen molar-refractivity contribution in [2.45, 2.75) is 11.8 Å². The first-order chi connectivity index (χ1) is 9.23. The predicted octanol–water partition coefficient (Wildman–Crippen LogP) is 2.83. The molecular formula is C11H12Cl3NO4S. The molecule has 0 bridgehead atoms. The zero-order valence-corrected chi connectivity index (χ0v) is 13.8. The van der Waals surface area contributed by atoms with Crippen molar-refractivity contribution in [2.75, 3.05) is 20.2 Å². The Balaban J connectivity index is 3.31. The minimum atomic E-state index is -4.02. The van der Waals surface area contributed by atoms with E-state index in [1.807, 2.05) is 0 Å². The second-order valence-corrected chi connectivity index (χ2v) is 6.83. The maximum Gasteiger partial charge on any atom is 0.321 e. The monoisotopic (exact) mass is 359 g/mol. The van der Waals surface area contributed by atoms with Gasteiger partial charge in [0, 0.05) is 11.6 Å². The lowest BCUT2D eigenvalue weighted by Crippen LogP contribution is -2.36. The summed E-state index contributed by atoms with van der Waals surface area (Å²) in [5, 5.41) is 0.00611. The number of esters is 1. The third kappa shape index (κ3) is 3.77. The number of sulfonamides is 1. The molecule has 0 aliphatic heterocycles. The summed E-state index contributed by atoms with van der Waals surface area (Å²) in [6.45, 7) is 1.22. The molecule has 0 aliphatic rings. The van der Waals surface area contributed by atoms with Crippen LogP contribution in [-0.2, 0) is 19.6 Å². The Kier molecular flexibility index (Phi) is 6.09. The van der Waals surface area contributed by atoms with Crippen LogP contribution in [0.25, 0.3) is 0 Å². The van der Waals surface area contributed by atoms with Gasteiger partial charge in [-0.15, -0.1) is 0 Å². The lowest BCUT2D eigenvalue weighted by molar-refractivity contribution is -0.140. The standard InChI is InChI=1S/C11H12Cl3NO4S/c1-3-15(6-10(16)19-2)20(17,18)11-8(13)4-7(12)5-9(11)14/h4-5H,3,6H2,1-2H3. The molecule has 0 saturated heterocycles. The Morgan fingerprint density at radius 2 is 1.75 bits per heavy atom. The highest BCUT2D eigenvalue weighted by molar-refractivity contribution is 7.89. The highest BCUT2D eigenvalue weighted by Crippen LogP contribution is 2.34. The van der Waals surface area contributed by atoms with Crippen molar-refractivity contribution in [3.05, 3.63) is 27.2 Å². The molecule has 0 unspecified atom stereocenters. The number of rotatable bonds is 5. The van der Waals surface area contributed by atoms with Crippen LogP contribution in [0.2, 0.25) is 15.1 Å². The lowest BCUT2D eigenvalue weighted by atomic mass is 10.4. The van der Waals surface area contributed by atoms with Crippen molar-refractivity contribution in [2.24, 2.45) is 0 Å². The molecule has 0 N–H and O–H groups in total. The Labute approximate surface area is 132 Å². The molecule has 0 aromatic heterocycles. The Bertz CT molecular complexity index is 595. The number of likely N-dealkylation sites (N-methyl/N-ethyl adjacent to an activating group) is 1. The first-order valence-corrected chi connectivity index (χ1v) is 8.03. The molecule has 5 nitrogen and oxygen atoms in total. The van der Waals surface area contributed by atoms with Crippen molar-refractivity contribution in [3.63, 3.8) is 0 Å². The van der Waals surface area contributed by atoms with E-state index < -0.39 is 22.5 Å². The molecule has 1 rings (SSSR count). The van der Waals surface area contributed by atoms with Crippen LogP contribution in [0.5, 0.6) is 0 Å². The first-order valence-electron chi connectivity index (χ1n) is 5.45. The topological polar surface area (TPSA) is 63.7 Å². The van der Waals surface area contributed by atoms with Gasteiger partial charge in [-0.25, -0.2) is 8.42 Å². The fourth-order valence-corrected chi connectivity index (χ4v) is 4.37. The first kappa shape index (κ1) is 17.5. The summed E-state index contributed by atoms with van der Waals surface area (Å²) in [6.07, 6.45) is 0. The van der Waals surface area contributed by atoms with Gasteiger partial charge in [0.2, 0.25) is 10.0 Å². The number of carbonyl (C=O) groups is 1. The van der Waals surface area contributed by atoms with E-state index in [1.54, 1.807) is 6.92 Å². The number of ether oxygens (including phenoxy) is 1. The maximum atomic E-state index is 12.5. The summed E-state index contributed by atoms with van der Waals surface area (Å²) in [5.74, 6) is -0.684. The number of benzene rings is 1. The number of hydrogen-bond donors (Lipinski definition) is 0. The van der Waals surface area contributed by atoms with Gasteiger partial charge in [-0.2, -0.15) is 4.31 Å². The molecule has 112 valence electrons. The average molecular weight is 361 g/mol. The molecule has 0 amide bonds. The van der Waals surface area contributed by atoms with Crippen LogP contribution in [-0.4, -0.2) is 38.9 Å². The molecule has 0 spiro atoms. The van der Waals surface area contributed by atoms with Crippen molar-refractivity contribution in [1.29, 1.82) is 0 Å². The highest BCUT2D eigenvalue weighted by atomic mass is 35.5. The van der Waals surface area contributed by atoms with Crippen LogP contribution in [0.15, 0.2) is 17.0 Å². The van der Waals surface area contributed by atoms with E-state index in [-0.39, 0.29) is 26.5 Å². The zero-order valence-electron chi connectivity index (χ0n) is 10.7. The Morgan fingerprint density at radius 3 is 2.15 bits per heavy atom. The van der Waals surface area contributed by atoms with Crippen LogP contribution in [0, 0.1) is 0 Å². The molecule has 9 heteroatoms. The second kappa shape index (κ2) is 6.95. The van der Waals surface area contributed by atoms with Gasteiger partial charge >= 0.3 is 5.97 Å². The molecule has 20 heavy (non-hydrogen) atoms. The van der Waals surface area contributed by atoms with Crippen molar-refractivity contribution in [1.82, 2.24) is 4.31 Å². The van der Waals surface area contributed by atoms with Crippen LogP contribution in [0.3, 0.4) is 0 Å². The molecule has 0 radical (unpaired) electrons. The highest BCUT2D eigenvalue weighted by Gasteiger charge is 2.30. The van der Waals surface area contributed by atoms with Crippen molar-refractivity contribution < 1.29 is 17.9 Å². The lowest BCUT2D eigenvalue weighted by Gasteiger charge is -2.20. The summed E-state index contributed by atoms with van der Waals surface area (Å²) in [7, 11) is -2.85. The van der Waals surface area contributed by atoms with Gasteiger partial charge in [0.15, 0.2) is 0 Å². The molecule has 1 aromatic carbocycles. The molecule has 0 saturated carbocycles. The van der Waals surface area contributed by atoms with E-state index in [2.05, 4.69) is 4.74 Å². The number of halogens is 3. The molecular weight excluding hydrogens is 349 g/mol. The van der Waals surface area contributed by atoms with E-state index in [0.717, 1.165) is 4.31 Å². The zero-order chi connectivity index (χ0) is 15.5. The quantitative estimate of drug-likeness (QED) is 0.757. The third-order valence-corrected chi connectivity index (χ3v) is 5.51. The summed E-state index contributed by atoms with van der Waals surface area (Å²) in [5.41, 5.74) is 0. The van der Waals surface area contributed by atoms with Gasteiger partial charge in [0.25, 0.3) is 0 Å². The Hall–Kier alpha value is -0.530. The molecule has 0 atom stereocenters. The van der Waals surface area contributed by atoms with Gasteiger partial charge in [-0.05, 0) is 12.1 Å². The summed E-state index contributed by atoms with van der Waals surface area (Å²) >= 11 is 17.5.